The minimum absolute atomic E-state index is 0.0832. The largest absolute Gasteiger partial charge is 0.395 e. The summed E-state index contributed by atoms with van der Waals surface area (Å²) in [4.78, 5) is 1.55. The maximum absolute atomic E-state index is 13.5. The van der Waals surface area contributed by atoms with E-state index in [4.69, 9.17) is 0 Å². The number of halogens is 2. The van der Waals surface area contributed by atoms with Gasteiger partial charge in [0.15, 0.2) is 0 Å². The predicted molar refractivity (Wildman–Crippen MR) is 81.6 cm³/mol. The minimum atomic E-state index is -3.44. The molecule has 1 atom stereocenters. The topological polar surface area (TPSA) is 60.9 Å². The van der Waals surface area contributed by atoms with Crippen molar-refractivity contribution in [2.45, 2.75) is 30.2 Å². The molecule has 0 aromatic heterocycles. The molecule has 128 valence electrons. The Labute approximate surface area is 134 Å². The molecule has 2 aliphatic rings. The Balaban J connectivity index is 1.60. The van der Waals surface area contributed by atoms with Crippen molar-refractivity contribution in [1.82, 2.24) is 9.21 Å². The fourth-order valence-electron chi connectivity index (χ4n) is 3.25. The van der Waals surface area contributed by atoms with E-state index in [1.54, 1.807) is 29.2 Å². The zero-order chi connectivity index (χ0) is 16.7. The molecule has 0 unspecified atom stereocenters. The van der Waals surface area contributed by atoms with E-state index >= 15 is 0 Å². The molecule has 2 aliphatic heterocycles. The van der Waals surface area contributed by atoms with Crippen molar-refractivity contribution in [1.29, 1.82) is 0 Å². The van der Waals surface area contributed by atoms with E-state index in [-0.39, 0.29) is 37.9 Å². The number of alkyl halides is 2. The standard InChI is InChI=1S/C15H20F2N2O3S/c16-15(17)6-13(9-20)19(11-15)14-7-18(8-14)23(21,22)10-12-4-2-1-3-5-12/h1-5,13-14,20H,6-11H2/t13-/m0/s1. The molecule has 1 aromatic carbocycles. The highest BCUT2D eigenvalue weighted by Gasteiger charge is 2.50. The molecular formula is C15H20F2N2O3S. The maximum Gasteiger partial charge on any atom is 0.262 e. The van der Waals surface area contributed by atoms with Crippen molar-refractivity contribution in [2.24, 2.45) is 0 Å². The number of hydrogen-bond acceptors (Lipinski definition) is 4. The first-order valence-electron chi connectivity index (χ1n) is 7.57. The van der Waals surface area contributed by atoms with Gasteiger partial charge in [0.1, 0.15) is 0 Å². The van der Waals surface area contributed by atoms with E-state index in [0.29, 0.717) is 5.56 Å². The first-order valence-corrected chi connectivity index (χ1v) is 9.18. The van der Waals surface area contributed by atoms with E-state index in [1.807, 2.05) is 6.07 Å². The van der Waals surface area contributed by atoms with Crippen molar-refractivity contribution in [3.05, 3.63) is 35.9 Å². The van der Waals surface area contributed by atoms with Crippen LogP contribution in [0.5, 0.6) is 0 Å². The third kappa shape index (κ3) is 3.55. The molecule has 2 heterocycles. The van der Waals surface area contributed by atoms with Crippen molar-refractivity contribution in [3.8, 4) is 0 Å². The number of nitrogens with zero attached hydrogens (tertiary/aromatic N) is 2. The van der Waals surface area contributed by atoms with Crippen LogP contribution in [0.15, 0.2) is 30.3 Å². The molecule has 0 radical (unpaired) electrons. The second-order valence-electron chi connectivity index (χ2n) is 6.28. The SMILES string of the molecule is O=S(=O)(Cc1ccccc1)N1CC(N2CC(F)(F)C[C@H]2CO)C1. The van der Waals surface area contributed by atoms with Gasteiger partial charge in [-0.25, -0.2) is 17.2 Å². The molecule has 2 saturated heterocycles. The van der Waals surface area contributed by atoms with E-state index in [9.17, 15) is 22.3 Å². The molecular weight excluding hydrogens is 326 g/mol. The van der Waals surface area contributed by atoms with Gasteiger partial charge < -0.3 is 5.11 Å². The van der Waals surface area contributed by atoms with E-state index < -0.39 is 28.5 Å². The Bertz CT molecular complexity index is 648. The Kier molecular flexibility index (Phi) is 4.43. The van der Waals surface area contributed by atoms with Crippen LogP contribution >= 0.6 is 0 Å². The maximum atomic E-state index is 13.5. The van der Waals surface area contributed by atoms with E-state index in [2.05, 4.69) is 0 Å². The van der Waals surface area contributed by atoms with Crippen molar-refractivity contribution in [2.75, 3.05) is 26.2 Å². The monoisotopic (exact) mass is 346 g/mol. The average Bonchev–Trinajstić information content (AvgIpc) is 2.72. The normalized spacial score (nSPS) is 26.3. The molecule has 3 rings (SSSR count). The predicted octanol–water partition coefficient (Wildman–Crippen LogP) is 0.903. The number of hydrogen-bond donors (Lipinski definition) is 1. The molecule has 1 aromatic rings. The molecule has 2 fully saturated rings. The molecule has 8 heteroatoms. The molecule has 1 N–H and O–H groups in total. The summed E-state index contributed by atoms with van der Waals surface area (Å²) >= 11 is 0. The van der Waals surface area contributed by atoms with Crippen molar-refractivity contribution in [3.63, 3.8) is 0 Å². The number of benzene rings is 1. The van der Waals surface area contributed by atoms with Crippen LogP contribution in [0.4, 0.5) is 8.78 Å². The van der Waals surface area contributed by atoms with Gasteiger partial charge in [-0.2, -0.15) is 4.31 Å². The second-order valence-corrected chi connectivity index (χ2v) is 8.25. The van der Waals surface area contributed by atoms with Crippen LogP contribution < -0.4 is 0 Å². The van der Waals surface area contributed by atoms with E-state index in [1.165, 1.54) is 4.31 Å². The van der Waals surface area contributed by atoms with Gasteiger partial charge >= 0.3 is 0 Å². The lowest BCUT2D eigenvalue weighted by molar-refractivity contribution is -0.00246. The highest BCUT2D eigenvalue weighted by atomic mass is 32.2. The Morgan fingerprint density at radius 2 is 1.87 bits per heavy atom. The zero-order valence-corrected chi connectivity index (χ0v) is 13.4. The quantitative estimate of drug-likeness (QED) is 0.861. The smallest absolute Gasteiger partial charge is 0.262 e. The fraction of sp³-hybridized carbons (Fsp3) is 0.600. The molecule has 0 spiro atoms. The van der Waals surface area contributed by atoms with E-state index in [0.717, 1.165) is 0 Å². The number of aliphatic hydroxyl groups excluding tert-OH is 1. The summed E-state index contributed by atoms with van der Waals surface area (Å²) in [6.45, 7) is -0.318. The minimum Gasteiger partial charge on any atom is -0.395 e. The van der Waals surface area contributed by atoms with Gasteiger partial charge in [0.2, 0.25) is 10.0 Å². The van der Waals surface area contributed by atoms with Crippen LogP contribution in [0.2, 0.25) is 0 Å². The number of aliphatic hydroxyl groups is 1. The van der Waals surface area contributed by atoms with Gasteiger partial charge in [0, 0.05) is 31.6 Å². The van der Waals surface area contributed by atoms with Gasteiger partial charge in [0.05, 0.1) is 18.9 Å². The summed E-state index contributed by atoms with van der Waals surface area (Å²) in [7, 11) is -3.44. The van der Waals surface area contributed by atoms with Crippen LogP contribution in [0, 0.1) is 0 Å². The summed E-state index contributed by atoms with van der Waals surface area (Å²) in [5.41, 5.74) is 0.705. The lowest BCUT2D eigenvalue weighted by atomic mass is 10.1. The molecule has 0 bridgehead atoms. The summed E-state index contributed by atoms with van der Waals surface area (Å²) < 4.78 is 53.0. The van der Waals surface area contributed by atoms with Gasteiger partial charge in [-0.05, 0) is 5.56 Å². The van der Waals surface area contributed by atoms with Crippen molar-refractivity contribution < 1.29 is 22.3 Å². The fourth-order valence-corrected chi connectivity index (χ4v) is 4.84. The molecule has 0 amide bonds. The lowest BCUT2D eigenvalue weighted by Gasteiger charge is -2.44. The third-order valence-electron chi connectivity index (χ3n) is 4.51. The Morgan fingerprint density at radius 3 is 2.48 bits per heavy atom. The number of sulfonamides is 1. The second kappa shape index (κ2) is 6.08. The van der Waals surface area contributed by atoms with Gasteiger partial charge in [0.25, 0.3) is 5.92 Å². The highest BCUT2D eigenvalue weighted by molar-refractivity contribution is 7.88. The summed E-state index contributed by atoms with van der Waals surface area (Å²) in [5.74, 6) is -2.89. The Hall–Kier alpha value is -1.09. The van der Waals surface area contributed by atoms with Crippen LogP contribution in [0.25, 0.3) is 0 Å². The zero-order valence-electron chi connectivity index (χ0n) is 12.6. The summed E-state index contributed by atoms with van der Waals surface area (Å²) in [6.07, 6.45) is -0.364. The van der Waals surface area contributed by atoms with Gasteiger partial charge in [-0.15, -0.1) is 0 Å². The van der Waals surface area contributed by atoms with Crippen LogP contribution in [0.1, 0.15) is 12.0 Å². The highest BCUT2D eigenvalue weighted by Crippen LogP contribution is 2.35. The molecule has 23 heavy (non-hydrogen) atoms. The Morgan fingerprint density at radius 1 is 1.22 bits per heavy atom. The summed E-state index contributed by atoms with van der Waals surface area (Å²) in [5, 5.41) is 9.25. The molecule has 5 nitrogen and oxygen atoms in total. The van der Waals surface area contributed by atoms with Crippen LogP contribution in [0.3, 0.4) is 0 Å². The molecule has 0 saturated carbocycles. The van der Waals surface area contributed by atoms with Gasteiger partial charge in [-0.3, -0.25) is 4.90 Å². The average molecular weight is 346 g/mol. The first kappa shape index (κ1) is 16.8. The van der Waals surface area contributed by atoms with Crippen molar-refractivity contribution >= 4 is 10.0 Å². The molecule has 0 aliphatic carbocycles. The summed E-state index contributed by atoms with van der Waals surface area (Å²) in [6, 6.07) is 8.04. The first-order chi connectivity index (χ1) is 10.8. The third-order valence-corrected chi connectivity index (χ3v) is 6.29. The van der Waals surface area contributed by atoms with Crippen LogP contribution in [-0.4, -0.2) is 67.0 Å². The van der Waals surface area contributed by atoms with Gasteiger partial charge in [-0.1, -0.05) is 30.3 Å². The number of rotatable bonds is 5. The lowest BCUT2D eigenvalue weighted by Crippen LogP contribution is -2.62. The number of likely N-dealkylation sites (tertiary alicyclic amines) is 1. The van der Waals surface area contributed by atoms with Crippen LogP contribution in [-0.2, 0) is 15.8 Å².